The number of morpholine rings is 1. The molecule has 0 aliphatic carbocycles. The van der Waals surface area contributed by atoms with E-state index in [2.05, 4.69) is 34.6 Å². The van der Waals surface area contributed by atoms with Crippen molar-refractivity contribution in [3.63, 3.8) is 0 Å². The summed E-state index contributed by atoms with van der Waals surface area (Å²) in [7, 11) is 0. The molecule has 1 aromatic carbocycles. The van der Waals surface area contributed by atoms with Crippen LogP contribution in [0.3, 0.4) is 0 Å². The summed E-state index contributed by atoms with van der Waals surface area (Å²) in [4.78, 5) is 17.1. The molecule has 1 saturated heterocycles. The maximum absolute atomic E-state index is 12.9. The number of aromatic nitrogens is 4. The van der Waals surface area contributed by atoms with E-state index in [1.165, 1.54) is 11.2 Å². The molecule has 0 bridgehead atoms. The number of carbonyl (C=O) groups is 1. The fraction of sp³-hybridized carbons (Fsp3) is 0.294. The minimum absolute atomic E-state index is 0.00718. The van der Waals surface area contributed by atoms with Crippen LogP contribution in [0, 0.1) is 6.92 Å². The third-order valence-electron chi connectivity index (χ3n) is 4.10. The highest BCUT2D eigenvalue weighted by Crippen LogP contribution is 2.30. The molecule has 4 rings (SSSR count). The number of tetrazole rings is 1. The standard InChI is InChI=1S/C17H17N5O2S/c1-12-2-3-16(25-12)13-8-14(17(23)21-4-6-24-7-5-21)10-15(9-13)22-11-18-19-20-22/h2-3,8-11H,4-7H2,1H3. The van der Waals surface area contributed by atoms with Crippen molar-refractivity contribution in [2.24, 2.45) is 0 Å². The van der Waals surface area contributed by atoms with E-state index >= 15 is 0 Å². The Morgan fingerprint density at radius 2 is 2.04 bits per heavy atom. The van der Waals surface area contributed by atoms with Gasteiger partial charge in [0.15, 0.2) is 0 Å². The zero-order valence-corrected chi connectivity index (χ0v) is 14.6. The topological polar surface area (TPSA) is 73.1 Å². The van der Waals surface area contributed by atoms with E-state index in [0.29, 0.717) is 31.9 Å². The minimum Gasteiger partial charge on any atom is -0.378 e. The lowest BCUT2D eigenvalue weighted by atomic mass is 10.1. The van der Waals surface area contributed by atoms with Crippen LogP contribution in [-0.2, 0) is 4.74 Å². The van der Waals surface area contributed by atoms with Crippen LogP contribution >= 0.6 is 11.3 Å². The average molecular weight is 355 g/mol. The van der Waals surface area contributed by atoms with Crippen LogP contribution in [0.2, 0.25) is 0 Å². The van der Waals surface area contributed by atoms with E-state index in [1.54, 1.807) is 16.0 Å². The van der Waals surface area contributed by atoms with Crippen molar-refractivity contribution in [3.05, 3.63) is 47.1 Å². The number of hydrogen-bond donors (Lipinski definition) is 0. The average Bonchev–Trinajstić information content (AvgIpc) is 3.33. The number of carbonyl (C=O) groups excluding carboxylic acids is 1. The van der Waals surface area contributed by atoms with Crippen LogP contribution in [0.15, 0.2) is 36.7 Å². The van der Waals surface area contributed by atoms with Crippen LogP contribution < -0.4 is 0 Å². The number of thiophene rings is 1. The molecule has 7 nitrogen and oxygen atoms in total. The number of benzene rings is 1. The lowest BCUT2D eigenvalue weighted by molar-refractivity contribution is 0.0303. The Kier molecular flexibility index (Phi) is 4.29. The molecule has 1 aliphatic rings. The SMILES string of the molecule is Cc1ccc(-c2cc(C(=O)N3CCOCC3)cc(-n3cnnn3)c2)s1. The van der Waals surface area contributed by atoms with Crippen LogP contribution in [0.5, 0.6) is 0 Å². The molecular formula is C17H17N5O2S. The monoisotopic (exact) mass is 355 g/mol. The van der Waals surface area contributed by atoms with Crippen LogP contribution in [-0.4, -0.2) is 57.3 Å². The molecule has 1 aliphatic heterocycles. The van der Waals surface area contributed by atoms with E-state index in [9.17, 15) is 4.79 Å². The molecule has 0 atom stereocenters. The highest BCUT2D eigenvalue weighted by atomic mass is 32.1. The van der Waals surface area contributed by atoms with Gasteiger partial charge in [-0.3, -0.25) is 4.79 Å². The van der Waals surface area contributed by atoms with Crippen LogP contribution in [0.4, 0.5) is 0 Å². The number of aryl methyl sites for hydroxylation is 1. The largest absolute Gasteiger partial charge is 0.378 e. The second-order valence-corrected chi connectivity index (χ2v) is 7.13. The predicted octanol–water partition coefficient (Wildman–Crippen LogP) is 2.17. The zero-order chi connectivity index (χ0) is 17.2. The second-order valence-electron chi connectivity index (χ2n) is 5.84. The van der Waals surface area contributed by atoms with Crippen molar-refractivity contribution in [2.45, 2.75) is 6.92 Å². The number of ether oxygens (including phenoxy) is 1. The highest BCUT2D eigenvalue weighted by Gasteiger charge is 2.20. The molecule has 0 unspecified atom stereocenters. The van der Waals surface area contributed by atoms with Gasteiger partial charge in [0.05, 0.1) is 18.9 Å². The minimum atomic E-state index is 0.00718. The third-order valence-corrected chi connectivity index (χ3v) is 5.15. The first-order chi connectivity index (χ1) is 12.2. The molecule has 0 radical (unpaired) electrons. The molecular weight excluding hydrogens is 338 g/mol. The van der Waals surface area contributed by atoms with Gasteiger partial charge >= 0.3 is 0 Å². The molecule has 1 amide bonds. The molecule has 3 heterocycles. The van der Waals surface area contributed by atoms with Gasteiger partial charge < -0.3 is 9.64 Å². The van der Waals surface area contributed by atoms with Gasteiger partial charge in [0.25, 0.3) is 5.91 Å². The lowest BCUT2D eigenvalue weighted by Gasteiger charge is -2.27. The Hall–Kier alpha value is -2.58. The summed E-state index contributed by atoms with van der Waals surface area (Å²) in [6.45, 7) is 4.45. The van der Waals surface area contributed by atoms with Gasteiger partial charge in [0, 0.05) is 28.4 Å². The van der Waals surface area contributed by atoms with Crippen LogP contribution in [0.1, 0.15) is 15.2 Å². The van der Waals surface area contributed by atoms with Crippen LogP contribution in [0.25, 0.3) is 16.1 Å². The van der Waals surface area contributed by atoms with Gasteiger partial charge in [0.2, 0.25) is 0 Å². The molecule has 8 heteroatoms. The van der Waals surface area contributed by atoms with Gasteiger partial charge in [-0.25, -0.2) is 4.68 Å². The molecule has 3 aromatic rings. The highest BCUT2D eigenvalue weighted by molar-refractivity contribution is 7.15. The summed E-state index contributed by atoms with van der Waals surface area (Å²) in [5.74, 6) is 0.00718. The summed E-state index contributed by atoms with van der Waals surface area (Å²) >= 11 is 1.70. The van der Waals surface area contributed by atoms with Crippen molar-refractivity contribution in [1.29, 1.82) is 0 Å². The molecule has 1 fully saturated rings. The molecule has 128 valence electrons. The lowest BCUT2D eigenvalue weighted by Crippen LogP contribution is -2.40. The Balaban J connectivity index is 1.77. The van der Waals surface area contributed by atoms with Crippen molar-refractivity contribution < 1.29 is 9.53 Å². The fourth-order valence-electron chi connectivity index (χ4n) is 2.83. The molecule has 25 heavy (non-hydrogen) atoms. The quantitative estimate of drug-likeness (QED) is 0.720. The van der Waals surface area contributed by atoms with E-state index in [0.717, 1.165) is 16.1 Å². The maximum atomic E-state index is 12.9. The van der Waals surface area contributed by atoms with Gasteiger partial charge in [0.1, 0.15) is 6.33 Å². The van der Waals surface area contributed by atoms with E-state index in [1.807, 2.05) is 23.1 Å². The predicted molar refractivity (Wildman–Crippen MR) is 93.9 cm³/mol. The summed E-state index contributed by atoms with van der Waals surface area (Å²) in [5.41, 5.74) is 2.39. The molecule has 0 N–H and O–H groups in total. The van der Waals surface area contributed by atoms with Crippen molar-refractivity contribution >= 4 is 17.2 Å². The number of rotatable bonds is 3. The van der Waals surface area contributed by atoms with E-state index in [-0.39, 0.29) is 5.91 Å². The van der Waals surface area contributed by atoms with Gasteiger partial charge in [-0.1, -0.05) is 0 Å². The first-order valence-electron chi connectivity index (χ1n) is 8.03. The van der Waals surface area contributed by atoms with Gasteiger partial charge in [-0.2, -0.15) is 0 Å². The summed E-state index contributed by atoms with van der Waals surface area (Å²) < 4.78 is 6.91. The molecule has 2 aromatic heterocycles. The molecule has 0 spiro atoms. The van der Waals surface area contributed by atoms with Crippen molar-refractivity contribution in [2.75, 3.05) is 26.3 Å². The van der Waals surface area contributed by atoms with Crippen molar-refractivity contribution in [3.8, 4) is 16.1 Å². The van der Waals surface area contributed by atoms with E-state index in [4.69, 9.17) is 4.74 Å². The Labute approximate surface area is 148 Å². The third kappa shape index (κ3) is 3.31. The zero-order valence-electron chi connectivity index (χ0n) is 13.8. The van der Waals surface area contributed by atoms with Gasteiger partial charge in [-0.15, -0.1) is 16.4 Å². The Morgan fingerprint density at radius 3 is 2.72 bits per heavy atom. The number of hydrogen-bond acceptors (Lipinski definition) is 6. The first-order valence-corrected chi connectivity index (χ1v) is 8.85. The number of nitrogens with zero attached hydrogens (tertiary/aromatic N) is 5. The smallest absolute Gasteiger partial charge is 0.254 e. The number of amides is 1. The Bertz CT molecular complexity index is 884. The summed E-state index contributed by atoms with van der Waals surface area (Å²) in [5, 5.41) is 11.3. The fourth-order valence-corrected chi connectivity index (χ4v) is 3.68. The first kappa shape index (κ1) is 15.9. The summed E-state index contributed by atoms with van der Waals surface area (Å²) in [6.07, 6.45) is 1.53. The Morgan fingerprint density at radius 1 is 1.20 bits per heavy atom. The normalized spacial score (nSPS) is 14.7. The maximum Gasteiger partial charge on any atom is 0.254 e. The molecule has 0 saturated carbocycles. The van der Waals surface area contributed by atoms with E-state index < -0.39 is 0 Å². The van der Waals surface area contributed by atoms with Crippen molar-refractivity contribution in [1.82, 2.24) is 25.1 Å². The van der Waals surface area contributed by atoms with Gasteiger partial charge in [-0.05, 0) is 53.2 Å². The second kappa shape index (κ2) is 6.73. The summed E-state index contributed by atoms with van der Waals surface area (Å²) in [6, 6.07) is 9.92.